The van der Waals surface area contributed by atoms with Gasteiger partial charge in [0.1, 0.15) is 5.82 Å². The third-order valence-electron chi connectivity index (χ3n) is 6.29. The number of amides is 1. The van der Waals surface area contributed by atoms with Crippen molar-refractivity contribution in [2.45, 2.75) is 25.7 Å². The van der Waals surface area contributed by atoms with Crippen LogP contribution in [0.5, 0.6) is 0 Å². The Bertz CT molecular complexity index is 1680. The molecule has 1 atom stereocenters. The van der Waals surface area contributed by atoms with Crippen molar-refractivity contribution in [2.24, 2.45) is 0 Å². The van der Waals surface area contributed by atoms with Crippen molar-refractivity contribution in [2.75, 3.05) is 5.32 Å². The number of aromatic nitrogens is 4. The van der Waals surface area contributed by atoms with Gasteiger partial charge in [-0.05, 0) is 47.9 Å². The Kier molecular flexibility index (Phi) is 7.16. The number of carbonyl (C=O) groups excluding carboxylic acids is 1. The zero-order chi connectivity index (χ0) is 28.4. The summed E-state index contributed by atoms with van der Waals surface area (Å²) in [6.07, 6.45) is -0.698. The molecule has 5 aromatic rings. The Morgan fingerprint density at radius 3 is 2.42 bits per heavy atom. The maximum absolute atomic E-state index is 13.6. The first kappa shape index (κ1) is 26.7. The Morgan fingerprint density at radius 2 is 1.70 bits per heavy atom. The topological polar surface area (TPSA) is 95.6 Å². The second-order valence-electron chi connectivity index (χ2n) is 9.07. The molecule has 1 amide bonds. The molecule has 3 aromatic heterocycles. The van der Waals surface area contributed by atoms with E-state index in [1.807, 2.05) is 30.3 Å². The second-order valence-corrected chi connectivity index (χ2v) is 9.07. The van der Waals surface area contributed by atoms with E-state index >= 15 is 0 Å². The number of carbonyl (C=O) groups is 1. The van der Waals surface area contributed by atoms with Crippen LogP contribution >= 0.6 is 0 Å². The number of H-pyrrole nitrogens is 1. The van der Waals surface area contributed by atoms with Crippen LogP contribution in [0.3, 0.4) is 0 Å². The molecule has 0 fully saturated rings. The normalized spacial score (nSPS) is 12.3. The summed E-state index contributed by atoms with van der Waals surface area (Å²) >= 11 is 0. The first-order chi connectivity index (χ1) is 19.1. The number of hydrogen-bond donors (Lipinski definition) is 3. The van der Waals surface area contributed by atoms with Gasteiger partial charge in [-0.3, -0.25) is 9.89 Å². The van der Waals surface area contributed by atoms with Crippen molar-refractivity contribution >= 4 is 22.8 Å². The van der Waals surface area contributed by atoms with Crippen LogP contribution < -0.4 is 10.6 Å². The molecule has 3 heterocycles. The number of benzene rings is 2. The summed E-state index contributed by atoms with van der Waals surface area (Å²) in [7, 11) is 0. The minimum atomic E-state index is -4.73. The number of aromatic amines is 1. The summed E-state index contributed by atoms with van der Waals surface area (Å²) in [5.74, 6) is -3.09. The van der Waals surface area contributed by atoms with Gasteiger partial charge in [0, 0.05) is 29.9 Å². The maximum atomic E-state index is 13.6. The molecule has 0 bridgehead atoms. The Labute approximate surface area is 224 Å². The third-order valence-corrected chi connectivity index (χ3v) is 6.29. The predicted molar refractivity (Wildman–Crippen MR) is 138 cm³/mol. The molecular weight excluding hydrogens is 531 g/mol. The van der Waals surface area contributed by atoms with Crippen molar-refractivity contribution in [1.82, 2.24) is 25.5 Å². The largest absolute Gasteiger partial charge is 0.417 e. The summed E-state index contributed by atoms with van der Waals surface area (Å²) < 4.78 is 67.1. The summed E-state index contributed by atoms with van der Waals surface area (Å²) in [6.45, 7) is 1.66. The van der Waals surface area contributed by atoms with E-state index in [4.69, 9.17) is 0 Å². The average Bonchev–Trinajstić information content (AvgIpc) is 3.41. The minimum absolute atomic E-state index is 0.0679. The van der Waals surface area contributed by atoms with E-state index in [9.17, 15) is 26.7 Å². The van der Waals surface area contributed by atoms with Crippen LogP contribution in [0.4, 0.5) is 27.8 Å². The quantitative estimate of drug-likeness (QED) is 0.203. The lowest BCUT2D eigenvalue weighted by atomic mass is 10.0. The summed E-state index contributed by atoms with van der Waals surface area (Å²) in [6, 6.07) is 12.3. The zero-order valence-corrected chi connectivity index (χ0v) is 20.9. The monoisotopic (exact) mass is 552 g/mol. The van der Waals surface area contributed by atoms with Gasteiger partial charge in [-0.15, -0.1) is 0 Å². The molecule has 0 radical (unpaired) electrons. The zero-order valence-electron chi connectivity index (χ0n) is 20.9. The molecular formula is C28H21F5N6O. The SMILES string of the molecule is CC(NC(=O)c1cc(C(F)(F)F)cnc1NCc1ccc(-c2cnc3[nH]ncc3c2)cc1)c1ccc(F)c(F)c1. The van der Waals surface area contributed by atoms with Gasteiger partial charge in [0.2, 0.25) is 0 Å². The van der Waals surface area contributed by atoms with Crippen molar-refractivity contribution < 1.29 is 26.7 Å². The number of rotatable bonds is 7. The fraction of sp³-hybridized carbons (Fsp3) is 0.143. The van der Waals surface area contributed by atoms with Crippen LogP contribution in [0.25, 0.3) is 22.2 Å². The molecule has 12 heteroatoms. The first-order valence-electron chi connectivity index (χ1n) is 12.0. The van der Waals surface area contributed by atoms with E-state index in [-0.39, 0.29) is 23.5 Å². The number of pyridine rings is 2. The third kappa shape index (κ3) is 5.75. The highest BCUT2D eigenvalue weighted by Gasteiger charge is 2.33. The molecule has 0 saturated carbocycles. The van der Waals surface area contributed by atoms with Gasteiger partial charge >= 0.3 is 6.18 Å². The Hall–Kier alpha value is -4.87. The van der Waals surface area contributed by atoms with Gasteiger partial charge in [-0.25, -0.2) is 18.7 Å². The van der Waals surface area contributed by atoms with E-state index in [0.29, 0.717) is 17.9 Å². The van der Waals surface area contributed by atoms with Crippen LogP contribution in [-0.2, 0) is 12.7 Å². The predicted octanol–water partition coefficient (Wildman–Crippen LogP) is 6.42. The highest BCUT2D eigenvalue weighted by atomic mass is 19.4. The molecule has 0 spiro atoms. The lowest BCUT2D eigenvalue weighted by Crippen LogP contribution is -2.28. The molecule has 5 rings (SSSR count). The highest BCUT2D eigenvalue weighted by Crippen LogP contribution is 2.31. The average molecular weight is 553 g/mol. The fourth-order valence-corrected chi connectivity index (χ4v) is 4.07. The maximum Gasteiger partial charge on any atom is 0.417 e. The van der Waals surface area contributed by atoms with Crippen LogP contribution in [0.15, 0.2) is 73.2 Å². The van der Waals surface area contributed by atoms with Crippen molar-refractivity contribution in [3.05, 3.63) is 107 Å². The second kappa shape index (κ2) is 10.7. The summed E-state index contributed by atoms with van der Waals surface area (Å²) in [4.78, 5) is 21.2. The fourth-order valence-electron chi connectivity index (χ4n) is 4.07. The van der Waals surface area contributed by atoms with Crippen molar-refractivity contribution in [3.8, 4) is 11.1 Å². The van der Waals surface area contributed by atoms with Crippen molar-refractivity contribution in [1.29, 1.82) is 0 Å². The van der Waals surface area contributed by atoms with Crippen LogP contribution in [0.2, 0.25) is 0 Å². The van der Waals surface area contributed by atoms with E-state index < -0.39 is 35.3 Å². The van der Waals surface area contributed by atoms with E-state index in [0.717, 1.165) is 34.2 Å². The number of alkyl halides is 3. The first-order valence-corrected chi connectivity index (χ1v) is 12.0. The smallest absolute Gasteiger partial charge is 0.365 e. The molecule has 0 aliphatic rings. The number of halogens is 5. The van der Waals surface area contributed by atoms with E-state index in [2.05, 4.69) is 30.8 Å². The molecule has 2 aromatic carbocycles. The molecule has 204 valence electrons. The molecule has 0 saturated heterocycles. The summed E-state index contributed by atoms with van der Waals surface area (Å²) in [5, 5.41) is 13.1. The lowest BCUT2D eigenvalue weighted by molar-refractivity contribution is -0.137. The molecule has 0 aliphatic carbocycles. The molecule has 0 aliphatic heterocycles. The lowest BCUT2D eigenvalue weighted by Gasteiger charge is -2.18. The number of nitrogens with one attached hydrogen (secondary N) is 3. The van der Waals surface area contributed by atoms with Gasteiger partial charge in [0.15, 0.2) is 17.3 Å². The molecule has 7 nitrogen and oxygen atoms in total. The molecule has 1 unspecified atom stereocenters. The van der Waals surface area contributed by atoms with Gasteiger partial charge in [-0.2, -0.15) is 18.3 Å². The molecule has 3 N–H and O–H groups in total. The standard InChI is InChI=1S/C28H21F5N6O/c1-15(18-6-7-23(29)24(30)9-18)38-27(40)22-10-21(28(31,32)33)14-36-26(22)34-11-16-2-4-17(5-3-16)19-8-20-13-37-39-25(20)35-12-19/h2-10,12-15H,11H2,1H3,(H,34,36)(H,38,40)(H,35,37,39). The molecule has 40 heavy (non-hydrogen) atoms. The van der Waals surface area contributed by atoms with E-state index in [1.54, 1.807) is 12.4 Å². The van der Waals surface area contributed by atoms with Gasteiger partial charge in [0.05, 0.1) is 23.4 Å². The van der Waals surface area contributed by atoms with E-state index in [1.165, 1.54) is 13.0 Å². The number of fused-ring (bicyclic) bond motifs is 1. The Morgan fingerprint density at radius 1 is 0.925 bits per heavy atom. The van der Waals surface area contributed by atoms with Crippen LogP contribution in [0, 0.1) is 11.6 Å². The van der Waals surface area contributed by atoms with Gasteiger partial charge in [0.25, 0.3) is 5.91 Å². The number of nitrogens with zero attached hydrogens (tertiary/aromatic N) is 3. The minimum Gasteiger partial charge on any atom is -0.365 e. The van der Waals surface area contributed by atoms with Crippen LogP contribution in [0.1, 0.15) is 40.0 Å². The summed E-state index contributed by atoms with van der Waals surface area (Å²) in [5.41, 5.74) is 2.03. The highest BCUT2D eigenvalue weighted by molar-refractivity contribution is 5.99. The number of hydrogen-bond acceptors (Lipinski definition) is 5. The van der Waals surface area contributed by atoms with Crippen LogP contribution in [-0.4, -0.2) is 26.1 Å². The Balaban J connectivity index is 1.34. The van der Waals surface area contributed by atoms with Gasteiger partial charge < -0.3 is 10.6 Å². The van der Waals surface area contributed by atoms with Crippen molar-refractivity contribution in [3.63, 3.8) is 0 Å². The van der Waals surface area contributed by atoms with Gasteiger partial charge in [-0.1, -0.05) is 30.3 Å². The number of anilines is 1.